The van der Waals surface area contributed by atoms with Crippen molar-refractivity contribution in [3.8, 4) is 0 Å². The number of nitrogens with zero attached hydrogens (tertiary/aromatic N) is 3. The van der Waals surface area contributed by atoms with Gasteiger partial charge in [0.1, 0.15) is 12.1 Å². The SMILES string of the molecule is Cc1ccc(CNC(=S)Nc2ncn(Cc3ccc(F)cc3Cl)n2)cc1. The van der Waals surface area contributed by atoms with Gasteiger partial charge >= 0.3 is 0 Å². The van der Waals surface area contributed by atoms with E-state index in [4.69, 9.17) is 23.8 Å². The molecule has 0 atom stereocenters. The Labute approximate surface area is 161 Å². The minimum atomic E-state index is -0.371. The van der Waals surface area contributed by atoms with Crippen LogP contribution in [0, 0.1) is 12.7 Å². The van der Waals surface area contributed by atoms with Crippen LogP contribution in [0.15, 0.2) is 48.8 Å². The van der Waals surface area contributed by atoms with Crippen LogP contribution in [0.4, 0.5) is 10.3 Å². The van der Waals surface area contributed by atoms with Gasteiger partial charge in [0.05, 0.1) is 6.54 Å². The molecule has 1 aromatic heterocycles. The van der Waals surface area contributed by atoms with Crippen LogP contribution in [0.1, 0.15) is 16.7 Å². The van der Waals surface area contributed by atoms with Gasteiger partial charge in [0, 0.05) is 11.6 Å². The summed E-state index contributed by atoms with van der Waals surface area (Å²) in [5, 5.41) is 11.1. The second kappa shape index (κ2) is 8.25. The third kappa shape index (κ3) is 5.00. The summed E-state index contributed by atoms with van der Waals surface area (Å²) in [6.07, 6.45) is 1.56. The Bertz CT molecular complexity index is 910. The lowest BCUT2D eigenvalue weighted by atomic mass is 10.1. The standard InChI is InChI=1S/C18H17ClFN5S/c1-12-2-4-13(5-3-12)9-21-18(26)23-17-22-11-25(24-17)10-14-6-7-15(20)8-16(14)19/h2-8,11H,9-10H2,1H3,(H2,21,23,24,26). The van der Waals surface area contributed by atoms with Crippen molar-refractivity contribution < 1.29 is 4.39 Å². The van der Waals surface area contributed by atoms with E-state index in [-0.39, 0.29) is 5.82 Å². The van der Waals surface area contributed by atoms with Crippen LogP contribution in [0.5, 0.6) is 0 Å². The highest BCUT2D eigenvalue weighted by Gasteiger charge is 2.07. The van der Waals surface area contributed by atoms with E-state index in [2.05, 4.69) is 32.8 Å². The predicted molar refractivity (Wildman–Crippen MR) is 105 cm³/mol. The molecule has 0 saturated carbocycles. The lowest BCUT2D eigenvalue weighted by Crippen LogP contribution is -2.28. The van der Waals surface area contributed by atoms with E-state index in [9.17, 15) is 4.39 Å². The van der Waals surface area contributed by atoms with Crippen molar-refractivity contribution in [2.45, 2.75) is 20.0 Å². The highest BCUT2D eigenvalue weighted by molar-refractivity contribution is 7.80. The maximum Gasteiger partial charge on any atom is 0.248 e. The van der Waals surface area contributed by atoms with Gasteiger partial charge in [0.15, 0.2) is 5.11 Å². The maximum atomic E-state index is 13.1. The molecule has 3 rings (SSSR count). The van der Waals surface area contributed by atoms with Crippen molar-refractivity contribution in [1.82, 2.24) is 20.1 Å². The molecule has 134 valence electrons. The largest absolute Gasteiger partial charge is 0.358 e. The Hall–Kier alpha value is -2.51. The first-order valence-corrected chi connectivity index (χ1v) is 8.72. The van der Waals surface area contributed by atoms with Gasteiger partial charge in [0.2, 0.25) is 5.95 Å². The number of benzene rings is 2. The first-order valence-electron chi connectivity index (χ1n) is 7.93. The molecule has 5 nitrogen and oxygen atoms in total. The summed E-state index contributed by atoms with van der Waals surface area (Å²) in [5.74, 6) is 0.00864. The molecule has 8 heteroatoms. The Morgan fingerprint density at radius 2 is 2.00 bits per heavy atom. The second-order valence-corrected chi connectivity index (χ2v) is 6.61. The normalized spacial score (nSPS) is 10.6. The molecule has 0 saturated heterocycles. The predicted octanol–water partition coefficient (Wildman–Crippen LogP) is 3.91. The van der Waals surface area contributed by atoms with E-state index in [1.807, 2.05) is 19.1 Å². The first kappa shape index (κ1) is 18.3. The summed E-state index contributed by atoms with van der Waals surface area (Å²) in [6.45, 7) is 3.04. The van der Waals surface area contributed by atoms with Gasteiger partial charge in [-0.25, -0.2) is 14.1 Å². The number of aromatic nitrogens is 3. The van der Waals surface area contributed by atoms with Crippen LogP contribution in [0.3, 0.4) is 0 Å². The highest BCUT2D eigenvalue weighted by atomic mass is 35.5. The van der Waals surface area contributed by atoms with Crippen molar-refractivity contribution >= 4 is 34.9 Å². The molecule has 2 N–H and O–H groups in total. The van der Waals surface area contributed by atoms with Gasteiger partial charge in [-0.3, -0.25) is 5.32 Å². The van der Waals surface area contributed by atoms with Gasteiger partial charge in [-0.2, -0.15) is 0 Å². The zero-order chi connectivity index (χ0) is 18.5. The molecule has 26 heavy (non-hydrogen) atoms. The molecular formula is C18H17ClFN5S. The summed E-state index contributed by atoms with van der Waals surface area (Å²) < 4.78 is 14.7. The maximum absolute atomic E-state index is 13.1. The molecule has 0 aliphatic rings. The third-order valence-corrected chi connectivity index (χ3v) is 4.28. The molecule has 0 bridgehead atoms. The van der Waals surface area contributed by atoms with Gasteiger partial charge in [-0.1, -0.05) is 47.5 Å². The second-order valence-electron chi connectivity index (χ2n) is 5.79. The fraction of sp³-hybridized carbons (Fsp3) is 0.167. The van der Waals surface area contributed by atoms with Gasteiger partial charge in [0.25, 0.3) is 0 Å². The molecular weight excluding hydrogens is 373 g/mol. The summed E-state index contributed by atoms with van der Waals surface area (Å²) in [4.78, 5) is 4.16. The van der Waals surface area contributed by atoms with Crippen LogP contribution in [-0.2, 0) is 13.1 Å². The van der Waals surface area contributed by atoms with Crippen molar-refractivity contribution in [2.24, 2.45) is 0 Å². The van der Waals surface area contributed by atoms with E-state index >= 15 is 0 Å². The molecule has 2 aromatic carbocycles. The average Bonchev–Trinajstić information content (AvgIpc) is 3.04. The quantitative estimate of drug-likeness (QED) is 0.648. The van der Waals surface area contributed by atoms with E-state index < -0.39 is 0 Å². The van der Waals surface area contributed by atoms with Crippen molar-refractivity contribution in [3.63, 3.8) is 0 Å². The number of thiocarbonyl (C=S) groups is 1. The first-order chi connectivity index (χ1) is 12.5. The van der Waals surface area contributed by atoms with Crippen LogP contribution in [-0.4, -0.2) is 19.9 Å². The monoisotopic (exact) mass is 389 g/mol. The Morgan fingerprint density at radius 1 is 1.23 bits per heavy atom. The summed E-state index contributed by atoms with van der Waals surface area (Å²) in [6, 6.07) is 12.5. The van der Waals surface area contributed by atoms with E-state index in [0.29, 0.717) is 29.2 Å². The van der Waals surface area contributed by atoms with Crippen molar-refractivity contribution in [2.75, 3.05) is 5.32 Å². The molecule has 0 amide bonds. The van der Waals surface area contributed by atoms with Gasteiger partial charge < -0.3 is 5.32 Å². The molecule has 3 aromatic rings. The van der Waals surface area contributed by atoms with E-state index in [0.717, 1.165) is 11.1 Å². The third-order valence-electron chi connectivity index (χ3n) is 3.68. The number of hydrogen-bond donors (Lipinski definition) is 2. The number of nitrogens with one attached hydrogen (secondary N) is 2. The summed E-state index contributed by atoms with van der Waals surface area (Å²) in [7, 11) is 0. The topological polar surface area (TPSA) is 54.8 Å². The number of rotatable bonds is 5. The molecule has 1 heterocycles. The molecule has 0 aliphatic carbocycles. The molecule has 0 spiro atoms. The Balaban J connectivity index is 1.54. The molecule has 0 unspecified atom stereocenters. The smallest absolute Gasteiger partial charge is 0.248 e. The van der Waals surface area contributed by atoms with Crippen molar-refractivity contribution in [3.05, 3.63) is 76.3 Å². The number of aryl methyl sites for hydroxylation is 1. The molecule has 0 fully saturated rings. The minimum Gasteiger partial charge on any atom is -0.358 e. The zero-order valence-electron chi connectivity index (χ0n) is 14.0. The minimum absolute atomic E-state index is 0.352. The lowest BCUT2D eigenvalue weighted by molar-refractivity contribution is 0.624. The number of halogens is 2. The van der Waals surface area contributed by atoms with Crippen LogP contribution in [0.2, 0.25) is 5.02 Å². The molecule has 0 radical (unpaired) electrons. The summed E-state index contributed by atoms with van der Waals surface area (Å²) >= 11 is 11.3. The van der Waals surface area contributed by atoms with Crippen LogP contribution >= 0.6 is 23.8 Å². The van der Waals surface area contributed by atoms with E-state index in [1.54, 1.807) is 17.1 Å². The Morgan fingerprint density at radius 3 is 2.73 bits per heavy atom. The number of hydrogen-bond acceptors (Lipinski definition) is 3. The fourth-order valence-electron chi connectivity index (χ4n) is 2.29. The summed E-state index contributed by atoms with van der Waals surface area (Å²) in [5.41, 5.74) is 3.10. The highest BCUT2D eigenvalue weighted by Crippen LogP contribution is 2.18. The van der Waals surface area contributed by atoms with E-state index in [1.165, 1.54) is 17.7 Å². The van der Waals surface area contributed by atoms with Crippen molar-refractivity contribution in [1.29, 1.82) is 0 Å². The van der Waals surface area contributed by atoms with Gasteiger partial charge in [-0.05, 0) is 42.4 Å². The molecule has 0 aliphatic heterocycles. The van der Waals surface area contributed by atoms with Crippen LogP contribution in [0.25, 0.3) is 0 Å². The van der Waals surface area contributed by atoms with Gasteiger partial charge in [-0.15, -0.1) is 5.10 Å². The van der Waals surface area contributed by atoms with Crippen LogP contribution < -0.4 is 10.6 Å². The Kier molecular flexibility index (Phi) is 5.80. The zero-order valence-corrected chi connectivity index (χ0v) is 15.6. The lowest BCUT2D eigenvalue weighted by Gasteiger charge is -2.08. The number of anilines is 1. The fourth-order valence-corrected chi connectivity index (χ4v) is 2.68. The average molecular weight is 390 g/mol.